The fraction of sp³-hybridized carbons (Fsp3) is 0.357. The number of aromatic hydroxyl groups is 1. The molecule has 0 spiro atoms. The van der Waals surface area contributed by atoms with Gasteiger partial charge in [-0.1, -0.05) is 58.0 Å². The number of phenolic OH excluding ortho intramolecular Hbond substituents is 1. The highest BCUT2D eigenvalue weighted by molar-refractivity contribution is 7.22. The third-order valence-corrected chi connectivity index (χ3v) is 12.3. The van der Waals surface area contributed by atoms with Gasteiger partial charge in [-0.05, 0) is 104 Å². The van der Waals surface area contributed by atoms with Crippen LogP contribution >= 0.6 is 45.9 Å². The molecule has 10 nitrogen and oxygen atoms in total. The van der Waals surface area contributed by atoms with Gasteiger partial charge in [-0.3, -0.25) is 9.80 Å². The van der Waals surface area contributed by atoms with Gasteiger partial charge >= 0.3 is 5.97 Å². The molecule has 0 unspecified atom stereocenters. The first-order chi connectivity index (χ1) is 27.1. The van der Waals surface area contributed by atoms with Crippen molar-refractivity contribution in [3.05, 3.63) is 105 Å². The van der Waals surface area contributed by atoms with Gasteiger partial charge in [0.25, 0.3) is 0 Å². The van der Waals surface area contributed by atoms with Crippen LogP contribution < -0.4 is 14.5 Å². The summed E-state index contributed by atoms with van der Waals surface area (Å²) in [7, 11) is 0. The lowest BCUT2D eigenvalue weighted by atomic mass is 10.1. The van der Waals surface area contributed by atoms with Crippen LogP contribution in [0.3, 0.4) is 0 Å². The number of halogens is 2. The Morgan fingerprint density at radius 1 is 0.696 bits per heavy atom. The van der Waals surface area contributed by atoms with Gasteiger partial charge in [-0.2, -0.15) is 0 Å². The number of aryl methyl sites for hydroxylation is 2. The van der Waals surface area contributed by atoms with Gasteiger partial charge in [0, 0.05) is 75.5 Å². The third kappa shape index (κ3) is 10.6. The zero-order valence-electron chi connectivity index (χ0n) is 31.8. The molecule has 4 aromatic carbocycles. The number of thiazole rings is 2. The van der Waals surface area contributed by atoms with Crippen LogP contribution in [-0.2, 0) is 22.6 Å². The van der Waals surface area contributed by atoms with Crippen LogP contribution in [-0.4, -0.2) is 96.4 Å². The zero-order chi connectivity index (χ0) is 39.2. The average Bonchev–Trinajstić information content (AvgIpc) is 3.78. The minimum atomic E-state index is -0.348. The Bertz CT molecular complexity index is 2260. The Hall–Kier alpha value is -4.17. The summed E-state index contributed by atoms with van der Waals surface area (Å²) in [6.45, 7) is 15.6. The number of piperazine rings is 2. The molecule has 4 heterocycles. The summed E-state index contributed by atoms with van der Waals surface area (Å²) >= 11 is 15.6. The SMILES string of the molecule is CCOC(=O)COc1cc(C)cc(CN2CCN(c3nc4ccc(Cl)cc4s3)CC2)c1.Cc1cc(O)cc(CN2CCN(c3nc4ccc(Cl)cc4s3)CC2)c1. The Kier molecular flexibility index (Phi) is 13.2. The van der Waals surface area contributed by atoms with Crippen LogP contribution in [0, 0.1) is 13.8 Å². The number of aromatic nitrogens is 2. The maximum atomic E-state index is 11.6. The summed E-state index contributed by atoms with van der Waals surface area (Å²) in [4.78, 5) is 30.6. The summed E-state index contributed by atoms with van der Waals surface area (Å²) in [6, 6.07) is 23.6. The average molecular weight is 834 g/mol. The first-order valence-corrected chi connectivity index (χ1v) is 21.2. The van der Waals surface area contributed by atoms with Crippen LogP contribution in [0.25, 0.3) is 20.4 Å². The van der Waals surface area contributed by atoms with Gasteiger partial charge < -0.3 is 24.4 Å². The monoisotopic (exact) mass is 832 g/mol. The van der Waals surface area contributed by atoms with E-state index in [1.807, 2.05) is 68.4 Å². The fourth-order valence-electron chi connectivity index (χ4n) is 7.03. The summed E-state index contributed by atoms with van der Waals surface area (Å²) < 4.78 is 12.8. The van der Waals surface area contributed by atoms with E-state index >= 15 is 0 Å². The molecule has 0 aliphatic carbocycles. The van der Waals surface area contributed by atoms with Crippen molar-refractivity contribution in [1.82, 2.24) is 19.8 Å². The molecule has 14 heteroatoms. The molecule has 0 bridgehead atoms. The number of phenols is 1. The number of hydrogen-bond acceptors (Lipinski definition) is 12. The lowest BCUT2D eigenvalue weighted by molar-refractivity contribution is -0.145. The second kappa shape index (κ2) is 18.4. The Morgan fingerprint density at radius 2 is 1.20 bits per heavy atom. The third-order valence-electron chi connectivity index (χ3n) is 9.67. The quantitative estimate of drug-likeness (QED) is 0.135. The van der Waals surface area contributed by atoms with E-state index in [1.54, 1.807) is 35.7 Å². The molecule has 0 amide bonds. The number of hydrogen-bond donors (Lipinski definition) is 1. The normalized spacial score (nSPS) is 15.2. The predicted molar refractivity (Wildman–Crippen MR) is 230 cm³/mol. The molecule has 0 saturated carbocycles. The summed E-state index contributed by atoms with van der Waals surface area (Å²) in [6.07, 6.45) is 0. The van der Waals surface area contributed by atoms with Crippen molar-refractivity contribution in [3.63, 3.8) is 0 Å². The van der Waals surface area contributed by atoms with E-state index in [0.717, 1.165) is 117 Å². The molecule has 1 N–H and O–H groups in total. The Labute approximate surface area is 345 Å². The molecular weight excluding hydrogens is 788 g/mol. The van der Waals surface area contributed by atoms with Crippen LogP contribution in [0.4, 0.5) is 10.3 Å². The van der Waals surface area contributed by atoms with Crippen molar-refractivity contribution >= 4 is 82.5 Å². The number of esters is 1. The smallest absolute Gasteiger partial charge is 0.344 e. The highest BCUT2D eigenvalue weighted by atomic mass is 35.5. The van der Waals surface area contributed by atoms with Crippen molar-refractivity contribution in [1.29, 1.82) is 0 Å². The van der Waals surface area contributed by atoms with Gasteiger partial charge in [0.2, 0.25) is 0 Å². The van der Waals surface area contributed by atoms with Gasteiger partial charge in [-0.15, -0.1) is 0 Å². The molecule has 2 aromatic heterocycles. The fourth-order valence-corrected chi connectivity index (χ4v) is 9.62. The van der Waals surface area contributed by atoms with Crippen LogP contribution in [0.15, 0.2) is 72.8 Å². The molecule has 294 valence electrons. The van der Waals surface area contributed by atoms with Crippen molar-refractivity contribution in [3.8, 4) is 11.5 Å². The largest absolute Gasteiger partial charge is 0.508 e. The summed E-state index contributed by atoms with van der Waals surface area (Å²) in [5, 5.41) is 13.4. The zero-order valence-corrected chi connectivity index (χ0v) is 35.0. The highest BCUT2D eigenvalue weighted by Crippen LogP contribution is 2.33. The lowest BCUT2D eigenvalue weighted by Crippen LogP contribution is -2.45. The minimum Gasteiger partial charge on any atom is -0.508 e. The molecule has 6 aromatic rings. The van der Waals surface area contributed by atoms with Crippen molar-refractivity contribution < 1.29 is 19.4 Å². The van der Waals surface area contributed by atoms with Gasteiger partial charge in [0.05, 0.1) is 27.0 Å². The number of rotatable bonds is 10. The number of nitrogens with zero attached hydrogens (tertiary/aromatic N) is 6. The van der Waals surface area contributed by atoms with Crippen molar-refractivity contribution in [2.75, 3.05) is 75.4 Å². The summed E-state index contributed by atoms with van der Waals surface area (Å²) in [5.41, 5.74) is 6.58. The molecule has 8 rings (SSSR count). The van der Waals surface area contributed by atoms with E-state index in [-0.39, 0.29) is 12.6 Å². The minimum absolute atomic E-state index is 0.0667. The second-order valence-electron chi connectivity index (χ2n) is 14.2. The highest BCUT2D eigenvalue weighted by Gasteiger charge is 2.22. The molecule has 0 radical (unpaired) electrons. The molecule has 2 saturated heterocycles. The van der Waals surface area contributed by atoms with E-state index in [0.29, 0.717) is 18.1 Å². The first-order valence-electron chi connectivity index (χ1n) is 18.8. The van der Waals surface area contributed by atoms with Crippen LogP contribution in [0.5, 0.6) is 11.5 Å². The number of ether oxygens (including phenoxy) is 2. The number of fused-ring (bicyclic) bond motifs is 2. The molecule has 2 aliphatic heterocycles. The molecule has 2 fully saturated rings. The van der Waals surface area contributed by atoms with E-state index in [4.69, 9.17) is 42.6 Å². The van der Waals surface area contributed by atoms with E-state index < -0.39 is 0 Å². The summed E-state index contributed by atoms with van der Waals surface area (Å²) in [5.74, 6) is 0.704. The van der Waals surface area contributed by atoms with Crippen molar-refractivity contribution in [2.45, 2.75) is 33.9 Å². The topological polar surface area (TPSA) is 94.5 Å². The first kappa shape index (κ1) is 40.0. The molecular formula is C42H46Cl2N6O4S2. The lowest BCUT2D eigenvalue weighted by Gasteiger charge is -2.34. The van der Waals surface area contributed by atoms with Gasteiger partial charge in [0.15, 0.2) is 16.9 Å². The second-order valence-corrected chi connectivity index (χ2v) is 17.1. The number of benzene rings is 4. The van der Waals surface area contributed by atoms with Gasteiger partial charge in [0.1, 0.15) is 11.5 Å². The number of carbonyl (C=O) groups is 1. The van der Waals surface area contributed by atoms with Gasteiger partial charge in [-0.25, -0.2) is 14.8 Å². The predicted octanol–water partition coefficient (Wildman–Crippen LogP) is 8.81. The van der Waals surface area contributed by atoms with E-state index in [2.05, 4.69) is 31.7 Å². The standard InChI is InChI=1S/C23H26ClN3O3S.C19H20ClN3OS/c1-3-29-22(28)15-30-19-11-16(2)10-17(12-19)14-26-6-8-27(9-7-26)23-25-20-5-4-18(24)13-21(20)31-23;1-13-8-14(10-16(24)9-13)12-22-4-6-23(7-5-22)19-21-17-3-2-15(20)11-18(17)25-19/h4-5,10-13H,3,6-9,14-15H2,1-2H3;2-3,8-11,24H,4-7,12H2,1H3. The number of anilines is 2. The Morgan fingerprint density at radius 3 is 1.70 bits per heavy atom. The molecule has 56 heavy (non-hydrogen) atoms. The van der Waals surface area contributed by atoms with E-state index in [9.17, 15) is 9.90 Å². The van der Waals surface area contributed by atoms with Crippen LogP contribution in [0.2, 0.25) is 10.0 Å². The Balaban J connectivity index is 0.000000175. The van der Waals surface area contributed by atoms with Crippen molar-refractivity contribution in [2.24, 2.45) is 0 Å². The molecule has 0 atom stereocenters. The van der Waals surface area contributed by atoms with E-state index in [1.165, 1.54) is 11.1 Å². The van der Waals surface area contributed by atoms with Crippen LogP contribution in [0.1, 0.15) is 29.2 Å². The maximum Gasteiger partial charge on any atom is 0.344 e. The maximum absolute atomic E-state index is 11.6. The number of carbonyl (C=O) groups excluding carboxylic acids is 1. The molecule has 2 aliphatic rings.